The van der Waals surface area contributed by atoms with Crippen LogP contribution < -0.4 is 10.6 Å². The maximum absolute atomic E-state index is 11.8. The van der Waals surface area contributed by atoms with Crippen LogP contribution in [0.5, 0.6) is 0 Å². The van der Waals surface area contributed by atoms with Gasteiger partial charge >= 0.3 is 11.9 Å². The normalized spacial score (nSPS) is 13.9. The van der Waals surface area contributed by atoms with Crippen LogP contribution in [0.15, 0.2) is 12.7 Å². The molecule has 0 fully saturated rings. The van der Waals surface area contributed by atoms with Crippen molar-refractivity contribution in [3.8, 4) is 0 Å². The number of aliphatic carboxylic acids is 2. The van der Waals surface area contributed by atoms with Gasteiger partial charge in [0.1, 0.15) is 0 Å². The Balaban J connectivity index is 0. The van der Waals surface area contributed by atoms with E-state index in [1.165, 1.54) is 58.3 Å². The molecular weight excluding hydrogens is 448 g/mol. The molecule has 0 aliphatic rings. The molecule has 0 aromatic heterocycles. The van der Waals surface area contributed by atoms with Gasteiger partial charge in [0.05, 0.1) is 11.8 Å². The zero-order chi connectivity index (χ0) is 27.2. The monoisotopic (exact) mass is 498 g/mol. The molecule has 0 bridgehead atoms. The van der Waals surface area contributed by atoms with Crippen LogP contribution >= 0.6 is 0 Å². The molecule has 0 saturated heterocycles. The van der Waals surface area contributed by atoms with E-state index in [9.17, 15) is 19.2 Å². The highest BCUT2D eigenvalue weighted by atomic mass is 16.4. The van der Waals surface area contributed by atoms with Gasteiger partial charge in [0.15, 0.2) is 0 Å². The smallest absolute Gasteiger partial charge is 0.307 e. The van der Waals surface area contributed by atoms with E-state index in [0.717, 1.165) is 12.8 Å². The van der Waals surface area contributed by atoms with Crippen molar-refractivity contribution >= 4 is 23.8 Å². The Morgan fingerprint density at radius 1 is 0.657 bits per heavy atom. The number of carbonyl (C=O) groups is 4. The van der Waals surface area contributed by atoms with Crippen molar-refractivity contribution in [1.82, 2.24) is 10.6 Å². The van der Waals surface area contributed by atoms with Crippen molar-refractivity contribution in [2.24, 2.45) is 23.7 Å². The average Bonchev–Trinajstić information content (AvgIpc) is 2.83. The number of nitrogens with one attached hydrogen (secondary N) is 2. The Hall–Kier alpha value is -2.38. The minimum Gasteiger partial charge on any atom is -0.481 e. The van der Waals surface area contributed by atoms with Crippen LogP contribution in [0.1, 0.15) is 98.8 Å². The molecule has 204 valence electrons. The highest BCUT2D eigenvalue weighted by Gasteiger charge is 2.25. The van der Waals surface area contributed by atoms with Crippen molar-refractivity contribution in [2.75, 3.05) is 13.1 Å². The lowest BCUT2D eigenvalue weighted by molar-refractivity contribution is -0.146. The predicted molar refractivity (Wildman–Crippen MR) is 140 cm³/mol. The fourth-order valence-electron chi connectivity index (χ4n) is 3.20. The molecule has 4 atom stereocenters. The highest BCUT2D eigenvalue weighted by molar-refractivity contribution is 5.84. The van der Waals surface area contributed by atoms with E-state index in [0.29, 0.717) is 13.1 Å². The number of unbranched alkanes of at least 4 members (excludes halogenated alkanes) is 9. The van der Waals surface area contributed by atoms with Gasteiger partial charge in [-0.3, -0.25) is 19.2 Å². The Morgan fingerprint density at radius 3 is 1.40 bits per heavy atom. The van der Waals surface area contributed by atoms with Crippen molar-refractivity contribution in [3.05, 3.63) is 12.7 Å². The quantitative estimate of drug-likeness (QED) is 0.146. The summed E-state index contributed by atoms with van der Waals surface area (Å²) in [6.45, 7) is 13.1. The summed E-state index contributed by atoms with van der Waals surface area (Å²) in [6.07, 6.45) is 14.2. The maximum atomic E-state index is 11.8. The summed E-state index contributed by atoms with van der Waals surface area (Å²) in [4.78, 5) is 44.3. The molecule has 0 aliphatic carbocycles. The first kappa shape index (κ1) is 34.8. The number of carboxylic acid groups (broad SMARTS) is 2. The Bertz CT molecular complexity index is 623. The largest absolute Gasteiger partial charge is 0.481 e. The molecule has 4 unspecified atom stereocenters. The van der Waals surface area contributed by atoms with Gasteiger partial charge in [0, 0.05) is 24.9 Å². The first-order valence-corrected chi connectivity index (χ1v) is 13.1. The standard InChI is InChI=1S/C18H35NO3.C9H15NO3/c1-4-5-6-7-8-9-10-11-12-13-14-19-17(20)15(2)16(3)18(21)22;1-4-5-10-8(11)6(2)7(3)9(12)13/h15-16H,4-14H2,1-3H3,(H,19,20)(H,21,22);4,6-7H,1,5H2,2-3H3,(H,10,11)(H,12,13). The summed E-state index contributed by atoms with van der Waals surface area (Å²) >= 11 is 0. The lowest BCUT2D eigenvalue weighted by atomic mass is 9.95. The van der Waals surface area contributed by atoms with Gasteiger partial charge in [-0.2, -0.15) is 0 Å². The molecule has 0 aliphatic heterocycles. The topological polar surface area (TPSA) is 133 Å². The van der Waals surface area contributed by atoms with Crippen LogP contribution in [0.3, 0.4) is 0 Å². The number of hydrogen-bond donors (Lipinski definition) is 4. The number of rotatable bonds is 19. The highest BCUT2D eigenvalue weighted by Crippen LogP contribution is 2.12. The van der Waals surface area contributed by atoms with Gasteiger partial charge in [0.2, 0.25) is 11.8 Å². The summed E-state index contributed by atoms with van der Waals surface area (Å²) < 4.78 is 0. The SMILES string of the molecule is C=CCNC(=O)C(C)C(C)C(=O)O.CCCCCCCCCCCCNC(=O)C(C)C(C)C(=O)O. The molecule has 0 rings (SSSR count). The Kier molecular flexibility index (Phi) is 22.0. The minimum atomic E-state index is -0.957. The number of amides is 2. The fourth-order valence-corrected chi connectivity index (χ4v) is 3.20. The molecule has 0 aromatic carbocycles. The van der Waals surface area contributed by atoms with E-state index in [4.69, 9.17) is 10.2 Å². The molecule has 4 N–H and O–H groups in total. The zero-order valence-corrected chi connectivity index (χ0v) is 22.6. The summed E-state index contributed by atoms with van der Waals surface area (Å²) in [5.41, 5.74) is 0. The van der Waals surface area contributed by atoms with Gasteiger partial charge in [-0.05, 0) is 6.42 Å². The Labute approximate surface area is 212 Å². The third kappa shape index (κ3) is 18.6. The van der Waals surface area contributed by atoms with E-state index >= 15 is 0 Å². The molecule has 0 heterocycles. The number of hydrogen-bond acceptors (Lipinski definition) is 4. The van der Waals surface area contributed by atoms with E-state index in [-0.39, 0.29) is 11.8 Å². The van der Waals surface area contributed by atoms with Crippen LogP contribution in [0.2, 0.25) is 0 Å². The van der Waals surface area contributed by atoms with Crippen molar-refractivity contribution in [1.29, 1.82) is 0 Å². The van der Waals surface area contributed by atoms with Crippen LogP contribution in [0.25, 0.3) is 0 Å². The molecule has 0 aromatic rings. The second-order valence-corrected chi connectivity index (χ2v) is 9.34. The maximum Gasteiger partial charge on any atom is 0.307 e. The second kappa shape index (κ2) is 22.1. The first-order valence-electron chi connectivity index (χ1n) is 13.1. The summed E-state index contributed by atoms with van der Waals surface area (Å²) in [7, 11) is 0. The number of carboxylic acids is 2. The summed E-state index contributed by atoms with van der Waals surface area (Å²) in [5, 5.41) is 22.9. The van der Waals surface area contributed by atoms with E-state index in [1.54, 1.807) is 26.8 Å². The van der Waals surface area contributed by atoms with Crippen LogP contribution in [0, 0.1) is 23.7 Å². The minimum absolute atomic E-state index is 0.147. The summed E-state index contributed by atoms with van der Waals surface area (Å²) in [6, 6.07) is 0. The lowest BCUT2D eigenvalue weighted by Crippen LogP contribution is -2.35. The molecule has 35 heavy (non-hydrogen) atoms. The predicted octanol–water partition coefficient (Wildman–Crippen LogP) is 5.03. The number of carbonyl (C=O) groups excluding carboxylic acids is 2. The van der Waals surface area contributed by atoms with Gasteiger partial charge < -0.3 is 20.8 Å². The van der Waals surface area contributed by atoms with Crippen molar-refractivity contribution in [2.45, 2.75) is 98.8 Å². The zero-order valence-electron chi connectivity index (χ0n) is 22.6. The lowest BCUT2D eigenvalue weighted by Gasteiger charge is -2.15. The molecule has 2 amide bonds. The molecular formula is C27H50N2O6. The molecule has 8 heteroatoms. The first-order chi connectivity index (χ1) is 16.5. The van der Waals surface area contributed by atoms with E-state index in [1.807, 2.05) is 0 Å². The van der Waals surface area contributed by atoms with Gasteiger partial charge in [-0.25, -0.2) is 0 Å². The van der Waals surface area contributed by atoms with Crippen LogP contribution in [0.4, 0.5) is 0 Å². The summed E-state index contributed by atoms with van der Waals surface area (Å²) in [5.74, 6) is -4.56. The van der Waals surface area contributed by atoms with Gasteiger partial charge in [-0.1, -0.05) is 98.5 Å². The third-order valence-electron chi connectivity index (χ3n) is 6.36. The fraction of sp³-hybridized carbons (Fsp3) is 0.778. The molecule has 0 radical (unpaired) electrons. The average molecular weight is 499 g/mol. The third-order valence-corrected chi connectivity index (χ3v) is 6.36. The molecule has 0 saturated carbocycles. The molecule has 8 nitrogen and oxygen atoms in total. The van der Waals surface area contributed by atoms with Gasteiger partial charge in [-0.15, -0.1) is 6.58 Å². The van der Waals surface area contributed by atoms with E-state index in [2.05, 4.69) is 24.1 Å². The molecule has 0 spiro atoms. The van der Waals surface area contributed by atoms with Crippen LogP contribution in [-0.2, 0) is 19.2 Å². The second-order valence-electron chi connectivity index (χ2n) is 9.34. The van der Waals surface area contributed by atoms with Crippen LogP contribution in [-0.4, -0.2) is 47.1 Å². The van der Waals surface area contributed by atoms with Gasteiger partial charge in [0.25, 0.3) is 0 Å². The van der Waals surface area contributed by atoms with Crippen molar-refractivity contribution in [3.63, 3.8) is 0 Å². The van der Waals surface area contributed by atoms with E-state index < -0.39 is 35.6 Å². The van der Waals surface area contributed by atoms with Crippen molar-refractivity contribution < 1.29 is 29.4 Å². The Morgan fingerprint density at radius 2 is 1.03 bits per heavy atom.